The van der Waals surface area contributed by atoms with Crippen LogP contribution in [0.1, 0.15) is 27.8 Å². The van der Waals surface area contributed by atoms with Crippen LogP contribution >= 0.6 is 0 Å². The third kappa shape index (κ3) is 2.17. The van der Waals surface area contributed by atoms with Crippen molar-refractivity contribution in [3.05, 3.63) is 117 Å². The Morgan fingerprint density at radius 3 is 2.55 bits per heavy atom. The van der Waals surface area contributed by atoms with E-state index < -0.39 is 5.41 Å². The number of anilines is 2. The van der Waals surface area contributed by atoms with Gasteiger partial charge in [0.1, 0.15) is 11.2 Å². The third-order valence-electron chi connectivity index (χ3n) is 7.11. The number of carbonyl (C=O) groups is 1. The average molecular weight is 432 g/mol. The Hall–Kier alpha value is -4.32. The molecular weight excluding hydrogens is 412 g/mol. The second-order valence-electron chi connectivity index (χ2n) is 8.90. The zero-order valence-corrected chi connectivity index (χ0v) is 17.9. The third-order valence-corrected chi connectivity index (χ3v) is 7.11. The lowest BCUT2D eigenvalue weighted by Crippen LogP contribution is -2.44. The first-order valence-corrected chi connectivity index (χ1v) is 11.0. The van der Waals surface area contributed by atoms with Gasteiger partial charge >= 0.3 is 0 Å². The standard InChI is InChI=1S/C27H20N4O2/c1-15-11-12-21-19(13-15)27(26(33)28-21)20-14-16-7-5-6-10-18(16)23(20)29-24-22(27)25(32)31(30-24)17-8-3-2-4-9-17/h2-13,29-30H,14H2,1H3,(H,28,33). The average Bonchev–Trinajstić information content (AvgIpc) is 3.46. The van der Waals surface area contributed by atoms with Crippen LogP contribution in [0.15, 0.2) is 83.2 Å². The molecule has 0 fully saturated rings. The van der Waals surface area contributed by atoms with Crippen molar-refractivity contribution in [3.63, 3.8) is 0 Å². The van der Waals surface area contributed by atoms with Gasteiger partial charge in [-0.3, -0.25) is 14.7 Å². The zero-order chi connectivity index (χ0) is 22.3. The van der Waals surface area contributed by atoms with Gasteiger partial charge in [0.15, 0.2) is 0 Å². The van der Waals surface area contributed by atoms with Gasteiger partial charge in [-0.2, -0.15) is 0 Å². The number of rotatable bonds is 1. The number of aromatic amines is 1. The van der Waals surface area contributed by atoms with Gasteiger partial charge in [0.05, 0.1) is 11.3 Å². The van der Waals surface area contributed by atoms with E-state index in [2.05, 4.69) is 27.9 Å². The molecule has 33 heavy (non-hydrogen) atoms. The summed E-state index contributed by atoms with van der Waals surface area (Å²) < 4.78 is 1.52. The molecule has 6 nitrogen and oxygen atoms in total. The molecule has 1 unspecified atom stereocenters. The maximum atomic E-state index is 14.0. The van der Waals surface area contributed by atoms with Gasteiger partial charge in [-0.1, -0.05) is 60.2 Å². The highest BCUT2D eigenvalue weighted by molar-refractivity contribution is 6.15. The van der Waals surface area contributed by atoms with Gasteiger partial charge in [-0.25, -0.2) is 4.68 Å². The molecule has 2 aliphatic heterocycles. The first-order chi connectivity index (χ1) is 16.1. The maximum Gasteiger partial charge on any atom is 0.278 e. The molecule has 1 amide bonds. The van der Waals surface area contributed by atoms with Crippen molar-refractivity contribution in [2.45, 2.75) is 18.8 Å². The first kappa shape index (κ1) is 18.3. The van der Waals surface area contributed by atoms with Crippen LogP contribution < -0.4 is 16.2 Å². The van der Waals surface area contributed by atoms with E-state index in [-0.39, 0.29) is 11.5 Å². The number of nitrogens with one attached hydrogen (secondary N) is 3. The van der Waals surface area contributed by atoms with E-state index in [1.165, 1.54) is 4.68 Å². The largest absolute Gasteiger partial charge is 0.340 e. The van der Waals surface area contributed by atoms with Crippen molar-refractivity contribution in [2.24, 2.45) is 0 Å². The predicted molar refractivity (Wildman–Crippen MR) is 128 cm³/mol. The summed E-state index contributed by atoms with van der Waals surface area (Å²) in [4.78, 5) is 27.9. The van der Waals surface area contributed by atoms with Crippen LogP contribution in [0.4, 0.5) is 11.5 Å². The second kappa shape index (κ2) is 6.13. The van der Waals surface area contributed by atoms with Gasteiger partial charge in [-0.15, -0.1) is 0 Å². The maximum absolute atomic E-state index is 14.0. The van der Waals surface area contributed by atoms with E-state index in [0.717, 1.165) is 44.9 Å². The Kier molecular flexibility index (Phi) is 3.40. The number of aryl methyl sites for hydroxylation is 1. The van der Waals surface area contributed by atoms with E-state index in [1.807, 2.05) is 67.6 Å². The predicted octanol–water partition coefficient (Wildman–Crippen LogP) is 4.11. The number of hydrogen-bond donors (Lipinski definition) is 3. The quantitative estimate of drug-likeness (QED) is 0.424. The number of para-hydroxylation sites is 1. The van der Waals surface area contributed by atoms with Crippen molar-refractivity contribution in [1.29, 1.82) is 0 Å². The van der Waals surface area contributed by atoms with E-state index in [9.17, 15) is 9.59 Å². The smallest absolute Gasteiger partial charge is 0.278 e. The van der Waals surface area contributed by atoms with Crippen LogP contribution in [0.2, 0.25) is 0 Å². The first-order valence-electron chi connectivity index (χ1n) is 11.0. The number of H-pyrrole nitrogens is 1. The van der Waals surface area contributed by atoms with Gasteiger partial charge < -0.3 is 10.6 Å². The number of amides is 1. The lowest BCUT2D eigenvalue weighted by Gasteiger charge is -2.34. The van der Waals surface area contributed by atoms with Crippen molar-refractivity contribution >= 4 is 23.1 Å². The highest BCUT2D eigenvalue weighted by atomic mass is 16.2. The minimum absolute atomic E-state index is 0.178. The second-order valence-corrected chi connectivity index (χ2v) is 8.90. The Labute approximate surface area is 189 Å². The van der Waals surface area contributed by atoms with Crippen LogP contribution in [-0.4, -0.2) is 15.7 Å². The zero-order valence-electron chi connectivity index (χ0n) is 17.9. The number of nitrogens with zero attached hydrogens (tertiary/aromatic N) is 1. The molecule has 3 aliphatic rings. The highest BCUT2D eigenvalue weighted by Crippen LogP contribution is 2.56. The van der Waals surface area contributed by atoms with Gasteiger partial charge in [0.25, 0.3) is 5.56 Å². The van der Waals surface area contributed by atoms with Crippen LogP contribution in [0.3, 0.4) is 0 Å². The number of fused-ring (bicyclic) bond motifs is 7. The Morgan fingerprint density at radius 2 is 1.70 bits per heavy atom. The number of hydrogen-bond acceptors (Lipinski definition) is 3. The molecule has 3 N–H and O–H groups in total. The number of aromatic nitrogens is 2. The SMILES string of the molecule is Cc1ccc2c(c1)C1(C(=O)N2)C2=C(Nc3[nH]n(-c4ccccc4)c(=O)c31)c1ccccc1C2. The molecule has 0 saturated heterocycles. The fourth-order valence-electron chi connectivity index (χ4n) is 5.70. The van der Waals surface area contributed by atoms with E-state index in [4.69, 9.17) is 0 Å². The molecule has 1 atom stereocenters. The molecule has 7 rings (SSSR count). The molecule has 160 valence electrons. The van der Waals surface area contributed by atoms with Crippen LogP contribution in [0.5, 0.6) is 0 Å². The Balaban J connectivity index is 1.59. The molecular formula is C27H20N4O2. The molecule has 4 aromatic rings. The summed E-state index contributed by atoms with van der Waals surface area (Å²) in [6, 6.07) is 23.6. The lowest BCUT2D eigenvalue weighted by molar-refractivity contribution is -0.118. The highest BCUT2D eigenvalue weighted by Gasteiger charge is 2.58. The van der Waals surface area contributed by atoms with Gasteiger partial charge in [-0.05, 0) is 42.7 Å². The normalized spacial score (nSPS) is 19.6. The Morgan fingerprint density at radius 1 is 0.909 bits per heavy atom. The van der Waals surface area contributed by atoms with E-state index in [0.29, 0.717) is 17.8 Å². The summed E-state index contributed by atoms with van der Waals surface area (Å²) in [6.45, 7) is 2.01. The minimum Gasteiger partial charge on any atom is -0.340 e. The summed E-state index contributed by atoms with van der Waals surface area (Å²) in [5.41, 5.74) is 6.44. The minimum atomic E-state index is -1.19. The summed E-state index contributed by atoms with van der Waals surface area (Å²) >= 11 is 0. The van der Waals surface area contributed by atoms with Crippen molar-refractivity contribution in [1.82, 2.24) is 9.78 Å². The molecule has 1 aromatic heterocycles. The lowest BCUT2D eigenvalue weighted by atomic mass is 9.67. The van der Waals surface area contributed by atoms with E-state index >= 15 is 0 Å². The van der Waals surface area contributed by atoms with Crippen molar-refractivity contribution in [3.8, 4) is 5.69 Å². The topological polar surface area (TPSA) is 78.9 Å². The monoisotopic (exact) mass is 432 g/mol. The number of benzene rings is 3. The molecule has 0 saturated carbocycles. The Bertz CT molecular complexity index is 1590. The summed E-state index contributed by atoms with van der Waals surface area (Å²) in [6.07, 6.45) is 0.606. The van der Waals surface area contributed by atoms with Crippen LogP contribution in [0.25, 0.3) is 11.4 Å². The molecule has 3 heterocycles. The van der Waals surface area contributed by atoms with Crippen molar-refractivity contribution in [2.75, 3.05) is 10.6 Å². The molecule has 3 aromatic carbocycles. The fraction of sp³-hybridized carbons (Fsp3) is 0.111. The summed E-state index contributed by atoms with van der Waals surface area (Å²) in [5.74, 6) is 0.381. The van der Waals surface area contributed by atoms with Gasteiger partial charge in [0.2, 0.25) is 5.91 Å². The van der Waals surface area contributed by atoms with Gasteiger partial charge in [0, 0.05) is 22.5 Å². The molecule has 0 radical (unpaired) electrons. The summed E-state index contributed by atoms with van der Waals surface area (Å²) in [5, 5.41) is 9.82. The molecule has 6 heteroatoms. The molecule has 1 aliphatic carbocycles. The number of carbonyl (C=O) groups excluding carboxylic acids is 1. The van der Waals surface area contributed by atoms with Crippen LogP contribution in [0, 0.1) is 6.92 Å². The van der Waals surface area contributed by atoms with Crippen molar-refractivity contribution < 1.29 is 4.79 Å². The summed E-state index contributed by atoms with van der Waals surface area (Å²) in [7, 11) is 0. The fourth-order valence-corrected chi connectivity index (χ4v) is 5.70. The molecule has 1 spiro atoms. The van der Waals surface area contributed by atoms with E-state index in [1.54, 1.807) is 0 Å². The molecule has 0 bridgehead atoms. The van der Waals surface area contributed by atoms with Crippen LogP contribution in [-0.2, 0) is 16.6 Å².